The molecule has 9 nitrogen and oxygen atoms in total. The molecule has 0 aliphatic carbocycles. The molecule has 2 rings (SSSR count). The molecule has 0 aliphatic heterocycles. The van der Waals surface area contributed by atoms with Gasteiger partial charge in [-0.3, -0.25) is 20.2 Å². The lowest BCUT2D eigenvalue weighted by atomic mass is 10.5. The average molecular weight is 494 g/mol. The van der Waals surface area contributed by atoms with Crippen LogP contribution in [-0.2, 0) is 4.57 Å². The molecule has 0 N–H and O–H groups in total. The molecule has 2 aromatic heterocycles. The number of rotatable bonds is 6. The molecule has 2 heterocycles. The summed E-state index contributed by atoms with van der Waals surface area (Å²) in [4.78, 5) is 20.1. The SMILES string of the molecule is O=[N+]([O-])c1cc(O[PH](=O)Oc2cc([N+](=O)[O-])c(Br)s2)sc1Br. The maximum absolute atomic E-state index is 11.7. The van der Waals surface area contributed by atoms with Crippen LogP contribution in [0.4, 0.5) is 11.4 Å². The van der Waals surface area contributed by atoms with E-state index in [0.29, 0.717) is 0 Å². The van der Waals surface area contributed by atoms with Crippen molar-refractivity contribution in [3.63, 3.8) is 0 Å². The molecule has 0 radical (unpaired) electrons. The van der Waals surface area contributed by atoms with Crippen LogP contribution in [0.3, 0.4) is 0 Å². The molecule has 0 unspecified atom stereocenters. The van der Waals surface area contributed by atoms with Gasteiger partial charge in [-0.2, -0.15) is 0 Å². The number of nitrogens with zero attached hydrogens (tertiary/aromatic N) is 2. The largest absolute Gasteiger partial charge is 0.420 e. The summed E-state index contributed by atoms with van der Waals surface area (Å²) in [6, 6.07) is 2.21. The van der Waals surface area contributed by atoms with Crippen LogP contribution in [0.25, 0.3) is 0 Å². The number of hydrogen-bond donors (Lipinski definition) is 0. The van der Waals surface area contributed by atoms with Gasteiger partial charge < -0.3 is 9.05 Å². The molecule has 0 aromatic carbocycles. The van der Waals surface area contributed by atoms with E-state index in [1.807, 2.05) is 0 Å². The normalized spacial score (nSPS) is 10.7. The van der Waals surface area contributed by atoms with E-state index in [2.05, 4.69) is 31.9 Å². The highest BCUT2D eigenvalue weighted by Gasteiger charge is 2.21. The minimum Gasteiger partial charge on any atom is -0.407 e. The summed E-state index contributed by atoms with van der Waals surface area (Å²) in [5.41, 5.74) is -0.436. The molecule has 118 valence electrons. The molecule has 0 saturated heterocycles. The van der Waals surface area contributed by atoms with Gasteiger partial charge in [0.1, 0.15) is 0 Å². The van der Waals surface area contributed by atoms with Gasteiger partial charge in [0.05, 0.1) is 22.0 Å². The second kappa shape index (κ2) is 7.04. The summed E-state index contributed by atoms with van der Waals surface area (Å²) in [7, 11) is -3.07. The molecule has 0 spiro atoms. The third-order valence-corrected chi connectivity index (χ3v) is 6.49. The van der Waals surface area contributed by atoms with Crippen molar-refractivity contribution in [3.05, 3.63) is 39.9 Å². The predicted molar refractivity (Wildman–Crippen MR) is 87.6 cm³/mol. The van der Waals surface area contributed by atoms with Crippen molar-refractivity contribution in [2.45, 2.75) is 0 Å². The summed E-state index contributed by atoms with van der Waals surface area (Å²) >= 11 is 7.74. The molecule has 0 amide bonds. The highest BCUT2D eigenvalue weighted by Crippen LogP contribution is 2.45. The van der Waals surface area contributed by atoms with Crippen LogP contribution in [0, 0.1) is 20.2 Å². The van der Waals surface area contributed by atoms with Crippen LogP contribution in [0.2, 0.25) is 0 Å². The second-order valence-electron chi connectivity index (χ2n) is 3.42. The first kappa shape index (κ1) is 17.3. The van der Waals surface area contributed by atoms with Crippen molar-refractivity contribution in [3.8, 4) is 10.1 Å². The molecule has 22 heavy (non-hydrogen) atoms. The summed E-state index contributed by atoms with van der Waals surface area (Å²) in [6.07, 6.45) is 0. The first-order valence-electron chi connectivity index (χ1n) is 5.05. The maximum Gasteiger partial charge on any atom is 0.420 e. The first-order valence-corrected chi connectivity index (χ1v) is 9.49. The van der Waals surface area contributed by atoms with Crippen molar-refractivity contribution in [1.82, 2.24) is 0 Å². The quantitative estimate of drug-likeness (QED) is 0.315. The molecule has 14 heteroatoms. The summed E-state index contributed by atoms with van der Waals surface area (Å²) in [5, 5.41) is 21.4. The molecule has 0 saturated carbocycles. The van der Waals surface area contributed by atoms with Crippen LogP contribution >= 0.6 is 62.8 Å². The zero-order valence-corrected chi connectivity index (χ0v) is 15.8. The molecular formula is C8H3Br2N2O7PS2. The molecular weight excluding hydrogens is 491 g/mol. The van der Waals surface area contributed by atoms with Gasteiger partial charge in [-0.05, 0) is 31.9 Å². The Morgan fingerprint density at radius 1 is 0.955 bits per heavy atom. The van der Waals surface area contributed by atoms with E-state index in [1.54, 1.807) is 0 Å². The average Bonchev–Trinajstić information content (AvgIpc) is 2.92. The summed E-state index contributed by atoms with van der Waals surface area (Å²) in [5.74, 6) is 0. The lowest BCUT2D eigenvalue weighted by Gasteiger charge is -2.02. The van der Waals surface area contributed by atoms with Gasteiger partial charge in [-0.15, -0.1) is 0 Å². The summed E-state index contributed by atoms with van der Waals surface area (Å²) in [6.45, 7) is 0. The zero-order chi connectivity index (χ0) is 16.4. The van der Waals surface area contributed by atoms with Gasteiger partial charge >= 0.3 is 8.25 Å². The molecule has 0 bridgehead atoms. The Hall–Kier alpha value is -1.01. The fourth-order valence-electron chi connectivity index (χ4n) is 1.21. The van der Waals surface area contributed by atoms with Crippen LogP contribution < -0.4 is 9.05 Å². The maximum atomic E-state index is 11.7. The van der Waals surface area contributed by atoms with Crippen LogP contribution in [0.5, 0.6) is 10.1 Å². The third-order valence-electron chi connectivity index (χ3n) is 2.05. The summed E-state index contributed by atoms with van der Waals surface area (Å²) < 4.78 is 22.1. The lowest BCUT2D eigenvalue weighted by molar-refractivity contribution is -0.385. The van der Waals surface area contributed by atoms with E-state index in [4.69, 9.17) is 9.05 Å². The van der Waals surface area contributed by atoms with E-state index >= 15 is 0 Å². The standard InChI is InChI=1S/C8H3Br2N2O7PS2/c9-7-3(11(13)14)1-5(21-7)18-20(17)19-6-2-4(12(15)16)8(10)22-6/h1-2,20H. The number of hydrogen-bond acceptors (Lipinski definition) is 9. The van der Waals surface area contributed by atoms with E-state index in [9.17, 15) is 24.8 Å². The minimum absolute atomic E-state index is 0.0348. The third kappa shape index (κ3) is 4.04. The van der Waals surface area contributed by atoms with Gasteiger partial charge in [0.25, 0.3) is 11.4 Å². The Kier molecular flexibility index (Phi) is 5.55. The molecule has 0 fully saturated rings. The predicted octanol–water partition coefficient (Wildman–Crippen LogP) is 5.00. The number of thiophene rings is 2. The second-order valence-corrected chi connectivity index (χ2v) is 8.99. The van der Waals surface area contributed by atoms with E-state index < -0.39 is 18.1 Å². The smallest absolute Gasteiger partial charge is 0.407 e. The molecule has 0 atom stereocenters. The fourth-order valence-corrected chi connectivity index (χ4v) is 5.09. The van der Waals surface area contributed by atoms with Crippen LogP contribution in [0.1, 0.15) is 0 Å². The van der Waals surface area contributed by atoms with Crippen molar-refractivity contribution in [2.75, 3.05) is 0 Å². The first-order chi connectivity index (χ1) is 10.3. The Bertz CT molecular complexity index is 714. The van der Waals surface area contributed by atoms with Gasteiger partial charge in [0, 0.05) is 0 Å². The fraction of sp³-hybridized carbons (Fsp3) is 0. The Morgan fingerprint density at radius 3 is 1.59 bits per heavy atom. The Labute approximate surface area is 147 Å². The van der Waals surface area contributed by atoms with Gasteiger partial charge in [0.2, 0.25) is 0 Å². The van der Waals surface area contributed by atoms with Crippen LogP contribution in [-0.4, -0.2) is 9.85 Å². The monoisotopic (exact) mass is 492 g/mol. The van der Waals surface area contributed by atoms with Gasteiger partial charge in [-0.25, -0.2) is 4.57 Å². The van der Waals surface area contributed by atoms with Crippen molar-refractivity contribution in [2.24, 2.45) is 0 Å². The number of halogens is 2. The van der Waals surface area contributed by atoms with E-state index in [0.717, 1.165) is 34.8 Å². The highest BCUT2D eigenvalue weighted by atomic mass is 79.9. The Morgan fingerprint density at radius 2 is 1.32 bits per heavy atom. The van der Waals surface area contributed by atoms with E-state index in [1.165, 1.54) is 0 Å². The van der Waals surface area contributed by atoms with Crippen molar-refractivity contribution in [1.29, 1.82) is 0 Å². The molecule has 0 aliphatic rings. The number of nitro groups is 2. The van der Waals surface area contributed by atoms with Gasteiger partial charge in [-0.1, -0.05) is 22.7 Å². The van der Waals surface area contributed by atoms with E-state index in [-0.39, 0.29) is 29.1 Å². The van der Waals surface area contributed by atoms with Gasteiger partial charge in [0.15, 0.2) is 17.7 Å². The molecule has 2 aromatic rings. The minimum atomic E-state index is -3.07. The van der Waals surface area contributed by atoms with Crippen molar-refractivity contribution < 1.29 is 23.5 Å². The topological polar surface area (TPSA) is 122 Å². The Balaban J connectivity index is 2.07. The van der Waals surface area contributed by atoms with Crippen molar-refractivity contribution >= 4 is 74.2 Å². The van der Waals surface area contributed by atoms with Crippen LogP contribution in [0.15, 0.2) is 19.7 Å². The highest BCUT2D eigenvalue weighted by molar-refractivity contribution is 9.11. The lowest BCUT2D eigenvalue weighted by Crippen LogP contribution is -1.87. The zero-order valence-electron chi connectivity index (χ0n) is 9.98.